The highest BCUT2D eigenvalue weighted by molar-refractivity contribution is 6.35. The molecule has 1 saturated carbocycles. The number of amides is 1. The molecule has 4 rings (SSSR count). The number of halogens is 1. The molecule has 2 aromatic rings. The van der Waals surface area contributed by atoms with Crippen LogP contribution in [0.25, 0.3) is 11.0 Å². The van der Waals surface area contributed by atoms with Crippen LogP contribution in [-0.2, 0) is 4.79 Å². The average molecular weight is 362 g/mol. The van der Waals surface area contributed by atoms with Crippen molar-refractivity contribution in [3.05, 3.63) is 17.4 Å². The zero-order chi connectivity index (χ0) is 17.4. The number of rotatable bonds is 3. The van der Waals surface area contributed by atoms with E-state index in [0.717, 1.165) is 74.0 Å². The number of carbonyl (C=O) groups excluding carboxylic acids is 1. The van der Waals surface area contributed by atoms with Gasteiger partial charge >= 0.3 is 0 Å². The minimum Gasteiger partial charge on any atom is -0.368 e. The summed E-state index contributed by atoms with van der Waals surface area (Å²) in [6.07, 6.45) is 9.76. The van der Waals surface area contributed by atoms with E-state index < -0.39 is 0 Å². The van der Waals surface area contributed by atoms with Gasteiger partial charge in [-0.15, -0.1) is 0 Å². The number of nitrogens with zero attached hydrogens (tertiary/aromatic N) is 2. The molecule has 1 aliphatic heterocycles. The van der Waals surface area contributed by atoms with Gasteiger partial charge in [-0.3, -0.25) is 4.79 Å². The van der Waals surface area contributed by atoms with Crippen molar-refractivity contribution >= 4 is 39.9 Å². The average Bonchev–Trinajstić information content (AvgIpc) is 3.25. The Bertz CT molecular complexity index is 783. The molecule has 1 aliphatic carbocycles. The second-order valence-corrected chi connectivity index (χ2v) is 7.61. The number of nitrogens with two attached hydrogens (primary N) is 1. The Morgan fingerprint density at radius 1 is 1.32 bits per heavy atom. The van der Waals surface area contributed by atoms with Gasteiger partial charge in [-0.2, -0.15) is 0 Å². The topological polar surface area (TPSA) is 87.0 Å². The monoisotopic (exact) mass is 361 g/mol. The smallest absolute Gasteiger partial charge is 0.227 e. The molecule has 0 unspecified atom stereocenters. The van der Waals surface area contributed by atoms with Crippen LogP contribution < -0.4 is 16.0 Å². The van der Waals surface area contributed by atoms with Gasteiger partial charge in [0.15, 0.2) is 0 Å². The summed E-state index contributed by atoms with van der Waals surface area (Å²) in [4.78, 5) is 22.3. The predicted molar refractivity (Wildman–Crippen MR) is 101 cm³/mol. The van der Waals surface area contributed by atoms with Crippen LogP contribution in [0.2, 0.25) is 5.02 Å². The van der Waals surface area contributed by atoms with Gasteiger partial charge in [0.2, 0.25) is 5.91 Å². The summed E-state index contributed by atoms with van der Waals surface area (Å²) in [7, 11) is 0. The number of H-pyrrole nitrogens is 1. The van der Waals surface area contributed by atoms with Gasteiger partial charge < -0.3 is 20.9 Å². The van der Waals surface area contributed by atoms with Crippen LogP contribution in [0.4, 0.5) is 11.4 Å². The van der Waals surface area contributed by atoms with E-state index in [1.54, 1.807) is 6.20 Å². The summed E-state index contributed by atoms with van der Waals surface area (Å²) in [6, 6.07) is 0.142. The fourth-order valence-corrected chi connectivity index (χ4v) is 4.36. The summed E-state index contributed by atoms with van der Waals surface area (Å²) in [5.41, 5.74) is 8.57. The van der Waals surface area contributed by atoms with E-state index in [1.807, 2.05) is 6.20 Å². The molecule has 0 aromatic carbocycles. The van der Waals surface area contributed by atoms with Crippen LogP contribution in [0.5, 0.6) is 0 Å². The van der Waals surface area contributed by atoms with Gasteiger partial charge in [-0.1, -0.05) is 24.4 Å². The lowest BCUT2D eigenvalue weighted by Crippen LogP contribution is -2.43. The number of hydrogen-bond donors (Lipinski definition) is 3. The fourth-order valence-electron chi connectivity index (χ4n) is 4.10. The zero-order valence-corrected chi connectivity index (χ0v) is 15.0. The maximum absolute atomic E-state index is 12.6. The molecular formula is C18H24ClN5O. The minimum absolute atomic E-state index is 0.0969. The SMILES string of the molecule is N[C@@H]1CCCN(c2c(Cl)cnc3[nH]cc(NC(=O)C4CCCC4)c23)C1. The van der Waals surface area contributed by atoms with E-state index in [4.69, 9.17) is 17.3 Å². The standard InChI is InChI=1S/C18H24ClN5O/c19-13-8-21-17-15(16(13)24-7-3-6-12(20)10-24)14(9-22-17)23-18(25)11-4-1-2-5-11/h8-9,11-12H,1-7,10,20H2,(H,21,22)(H,23,25)/t12-/m1/s1. The predicted octanol–water partition coefficient (Wildman–Crippen LogP) is 3.27. The molecule has 2 fully saturated rings. The van der Waals surface area contributed by atoms with Crippen LogP contribution in [0.15, 0.2) is 12.4 Å². The highest BCUT2D eigenvalue weighted by Gasteiger charge is 2.26. The molecule has 0 radical (unpaired) electrons. The summed E-state index contributed by atoms with van der Waals surface area (Å²) < 4.78 is 0. The van der Waals surface area contributed by atoms with E-state index in [-0.39, 0.29) is 17.9 Å². The molecule has 1 amide bonds. The Morgan fingerprint density at radius 3 is 2.88 bits per heavy atom. The van der Waals surface area contributed by atoms with Crippen molar-refractivity contribution in [1.29, 1.82) is 0 Å². The largest absolute Gasteiger partial charge is 0.368 e. The van der Waals surface area contributed by atoms with Crippen molar-refractivity contribution in [3.8, 4) is 0 Å². The van der Waals surface area contributed by atoms with Crippen molar-refractivity contribution in [1.82, 2.24) is 9.97 Å². The first-order valence-electron chi connectivity index (χ1n) is 9.10. The Balaban J connectivity index is 1.70. The normalized spacial score (nSPS) is 21.8. The Labute approximate surface area is 152 Å². The number of aromatic amines is 1. The molecule has 1 saturated heterocycles. The molecule has 3 heterocycles. The van der Waals surface area contributed by atoms with Crippen LogP contribution >= 0.6 is 11.6 Å². The van der Waals surface area contributed by atoms with Gasteiger partial charge in [0.1, 0.15) is 5.65 Å². The first kappa shape index (κ1) is 16.7. The highest BCUT2D eigenvalue weighted by atomic mass is 35.5. The first-order chi connectivity index (χ1) is 12.1. The molecule has 2 aliphatic rings. The minimum atomic E-state index is 0.0969. The van der Waals surface area contributed by atoms with E-state index in [1.165, 1.54) is 0 Å². The van der Waals surface area contributed by atoms with Crippen molar-refractivity contribution in [2.45, 2.75) is 44.6 Å². The molecule has 7 heteroatoms. The number of nitrogens with one attached hydrogen (secondary N) is 2. The van der Waals surface area contributed by atoms with Gasteiger partial charge in [-0.25, -0.2) is 4.98 Å². The number of hydrogen-bond acceptors (Lipinski definition) is 4. The molecule has 4 N–H and O–H groups in total. The second kappa shape index (κ2) is 6.84. The molecule has 25 heavy (non-hydrogen) atoms. The van der Waals surface area contributed by atoms with Gasteiger partial charge in [0, 0.05) is 31.2 Å². The highest BCUT2D eigenvalue weighted by Crippen LogP contribution is 2.39. The number of aromatic nitrogens is 2. The molecular weight excluding hydrogens is 338 g/mol. The van der Waals surface area contributed by atoms with Gasteiger partial charge in [0.05, 0.1) is 28.0 Å². The van der Waals surface area contributed by atoms with Crippen molar-refractivity contribution in [3.63, 3.8) is 0 Å². The summed E-state index contributed by atoms with van der Waals surface area (Å²) >= 11 is 6.51. The third-order valence-electron chi connectivity index (χ3n) is 5.39. The molecule has 134 valence electrons. The van der Waals surface area contributed by atoms with E-state index >= 15 is 0 Å². The van der Waals surface area contributed by atoms with Gasteiger partial charge in [-0.05, 0) is 25.7 Å². The van der Waals surface area contributed by atoms with Crippen molar-refractivity contribution < 1.29 is 4.79 Å². The van der Waals surface area contributed by atoms with Crippen LogP contribution in [0.1, 0.15) is 38.5 Å². The molecule has 6 nitrogen and oxygen atoms in total. The Kier molecular flexibility index (Phi) is 4.56. The summed E-state index contributed by atoms with van der Waals surface area (Å²) in [5, 5.41) is 4.58. The lowest BCUT2D eigenvalue weighted by molar-refractivity contribution is -0.119. The molecule has 0 spiro atoms. The molecule has 0 bridgehead atoms. The van der Waals surface area contributed by atoms with Crippen molar-refractivity contribution in [2.24, 2.45) is 11.7 Å². The first-order valence-corrected chi connectivity index (χ1v) is 9.48. The third kappa shape index (κ3) is 3.20. The summed E-state index contributed by atoms with van der Waals surface area (Å²) in [6.45, 7) is 1.67. The quantitative estimate of drug-likeness (QED) is 0.783. The fraction of sp³-hybridized carbons (Fsp3) is 0.556. The summed E-state index contributed by atoms with van der Waals surface area (Å²) in [5.74, 6) is 0.212. The Hall–Kier alpha value is -1.79. The third-order valence-corrected chi connectivity index (χ3v) is 5.66. The molecule has 1 atom stereocenters. The van der Waals surface area contributed by atoms with Crippen LogP contribution in [0.3, 0.4) is 0 Å². The van der Waals surface area contributed by atoms with Crippen LogP contribution in [0, 0.1) is 5.92 Å². The number of piperidine rings is 1. The number of anilines is 2. The zero-order valence-electron chi connectivity index (χ0n) is 14.2. The van der Waals surface area contributed by atoms with E-state index in [0.29, 0.717) is 5.02 Å². The van der Waals surface area contributed by atoms with Gasteiger partial charge in [0.25, 0.3) is 0 Å². The van der Waals surface area contributed by atoms with E-state index in [9.17, 15) is 4.79 Å². The number of fused-ring (bicyclic) bond motifs is 1. The van der Waals surface area contributed by atoms with E-state index in [2.05, 4.69) is 20.2 Å². The number of pyridine rings is 1. The van der Waals surface area contributed by atoms with Crippen LogP contribution in [-0.4, -0.2) is 35.0 Å². The number of carbonyl (C=O) groups is 1. The Morgan fingerprint density at radius 2 is 2.12 bits per heavy atom. The maximum atomic E-state index is 12.6. The second-order valence-electron chi connectivity index (χ2n) is 7.20. The lowest BCUT2D eigenvalue weighted by Gasteiger charge is -2.33. The van der Waals surface area contributed by atoms with Crippen molar-refractivity contribution in [2.75, 3.05) is 23.3 Å². The maximum Gasteiger partial charge on any atom is 0.227 e. The molecule has 2 aromatic heterocycles. The lowest BCUT2D eigenvalue weighted by atomic mass is 10.0.